The van der Waals surface area contributed by atoms with E-state index >= 15 is 0 Å². The number of halogens is 2. The molecule has 0 saturated heterocycles. The first-order valence-corrected chi connectivity index (χ1v) is 6.82. The van der Waals surface area contributed by atoms with Gasteiger partial charge in [-0.15, -0.1) is 11.3 Å². The Kier molecular flexibility index (Phi) is 4.78. The Morgan fingerprint density at radius 2 is 2.19 bits per heavy atom. The van der Waals surface area contributed by atoms with Gasteiger partial charge in [0.05, 0.1) is 11.4 Å². The molecule has 0 unspecified atom stereocenters. The fourth-order valence-electron chi connectivity index (χ4n) is 1.02. The zero-order chi connectivity index (χ0) is 12.2. The maximum Gasteiger partial charge on any atom is 0.251 e. The van der Waals surface area contributed by atoms with E-state index in [2.05, 4.69) is 5.32 Å². The first kappa shape index (κ1) is 13.5. The third-order valence-electron chi connectivity index (χ3n) is 1.72. The fraction of sp³-hybridized carbons (Fsp3) is 0.500. The summed E-state index contributed by atoms with van der Waals surface area (Å²) in [6.45, 7) is -0.311. The monoisotopic (exact) mass is 270 g/mol. The number of nitrogens with one attached hydrogen (secondary N) is 2. The highest BCUT2D eigenvalue weighted by atomic mass is 32.2. The van der Waals surface area contributed by atoms with Gasteiger partial charge in [0.15, 0.2) is 0 Å². The minimum Gasteiger partial charge on any atom is -0.315 e. The van der Waals surface area contributed by atoms with Crippen LogP contribution in [0.4, 0.5) is 8.78 Å². The van der Waals surface area contributed by atoms with Gasteiger partial charge in [0.2, 0.25) is 10.0 Å². The average molecular weight is 270 g/mol. The molecule has 0 bridgehead atoms. The number of hydrogen-bond acceptors (Lipinski definition) is 4. The third kappa shape index (κ3) is 3.78. The molecule has 92 valence electrons. The quantitative estimate of drug-likeness (QED) is 0.811. The van der Waals surface area contributed by atoms with Gasteiger partial charge in [-0.2, -0.15) is 0 Å². The smallest absolute Gasteiger partial charge is 0.251 e. The molecule has 0 saturated carbocycles. The molecular formula is C8H12F2N2O2S2. The van der Waals surface area contributed by atoms with E-state index in [1.54, 1.807) is 7.05 Å². The van der Waals surface area contributed by atoms with Crippen LogP contribution in [0, 0.1) is 0 Å². The fourth-order valence-corrected chi connectivity index (χ4v) is 3.32. The molecule has 0 amide bonds. The number of thiophene rings is 1. The van der Waals surface area contributed by atoms with Gasteiger partial charge in [0, 0.05) is 16.8 Å². The highest BCUT2D eigenvalue weighted by Crippen LogP contribution is 2.18. The molecule has 0 aromatic carbocycles. The van der Waals surface area contributed by atoms with Crippen molar-refractivity contribution in [1.29, 1.82) is 0 Å². The highest BCUT2D eigenvalue weighted by Gasteiger charge is 2.17. The molecule has 0 aliphatic carbocycles. The van der Waals surface area contributed by atoms with E-state index in [9.17, 15) is 17.2 Å². The van der Waals surface area contributed by atoms with E-state index in [4.69, 9.17) is 0 Å². The Balaban J connectivity index is 2.74. The van der Waals surface area contributed by atoms with Crippen molar-refractivity contribution in [2.45, 2.75) is 17.9 Å². The van der Waals surface area contributed by atoms with Crippen LogP contribution in [0.3, 0.4) is 0 Å². The second kappa shape index (κ2) is 5.67. The van der Waals surface area contributed by atoms with Crippen molar-refractivity contribution in [3.05, 3.63) is 16.3 Å². The van der Waals surface area contributed by atoms with E-state index in [1.165, 1.54) is 22.8 Å². The van der Waals surface area contributed by atoms with Gasteiger partial charge >= 0.3 is 0 Å². The summed E-state index contributed by atoms with van der Waals surface area (Å²) in [5.41, 5.74) is 0. The lowest BCUT2D eigenvalue weighted by molar-refractivity contribution is 0.153. The minimum absolute atomic E-state index is 0.0309. The molecule has 4 nitrogen and oxygen atoms in total. The molecule has 1 heterocycles. The van der Waals surface area contributed by atoms with Gasteiger partial charge in [-0.1, -0.05) is 0 Å². The Morgan fingerprint density at radius 1 is 1.50 bits per heavy atom. The van der Waals surface area contributed by atoms with Crippen LogP contribution in [0.25, 0.3) is 0 Å². The topological polar surface area (TPSA) is 58.2 Å². The van der Waals surface area contributed by atoms with Crippen LogP contribution in [0.2, 0.25) is 0 Å². The summed E-state index contributed by atoms with van der Waals surface area (Å²) in [6.07, 6.45) is -2.69. The molecule has 1 aromatic rings. The Labute approximate surface area is 96.7 Å². The summed E-state index contributed by atoms with van der Waals surface area (Å²) in [7, 11) is -2.06. The minimum atomic E-state index is -3.80. The summed E-state index contributed by atoms with van der Waals surface area (Å²) in [5.74, 6) is 0. The second-order valence-electron chi connectivity index (χ2n) is 3.02. The molecule has 0 spiro atoms. The van der Waals surface area contributed by atoms with Gasteiger partial charge < -0.3 is 5.32 Å². The first-order chi connectivity index (χ1) is 7.45. The van der Waals surface area contributed by atoms with Gasteiger partial charge in [0.1, 0.15) is 0 Å². The average Bonchev–Trinajstić information content (AvgIpc) is 2.65. The lowest BCUT2D eigenvalue weighted by atomic mass is 10.5. The lowest BCUT2D eigenvalue weighted by Gasteiger charge is -2.03. The van der Waals surface area contributed by atoms with Crippen molar-refractivity contribution in [2.75, 3.05) is 13.6 Å². The third-order valence-corrected chi connectivity index (χ3v) is 4.21. The Morgan fingerprint density at radius 3 is 2.75 bits per heavy atom. The Hall–Kier alpha value is -0.570. The van der Waals surface area contributed by atoms with Crippen molar-refractivity contribution in [2.24, 2.45) is 0 Å². The molecule has 0 atom stereocenters. The Bertz CT molecular complexity index is 431. The van der Waals surface area contributed by atoms with E-state index in [1.807, 2.05) is 4.72 Å². The van der Waals surface area contributed by atoms with Crippen LogP contribution in [0.1, 0.15) is 4.88 Å². The molecular weight excluding hydrogens is 258 g/mol. The molecule has 0 radical (unpaired) electrons. The largest absolute Gasteiger partial charge is 0.315 e. The van der Waals surface area contributed by atoms with E-state index in [0.29, 0.717) is 6.54 Å². The molecule has 8 heteroatoms. The number of hydrogen-bond donors (Lipinski definition) is 2. The van der Waals surface area contributed by atoms with Crippen LogP contribution in [-0.2, 0) is 16.6 Å². The predicted octanol–water partition coefficient (Wildman–Crippen LogP) is 1.01. The normalized spacial score (nSPS) is 12.2. The first-order valence-electron chi connectivity index (χ1n) is 4.45. The van der Waals surface area contributed by atoms with Crippen molar-refractivity contribution in [1.82, 2.24) is 10.0 Å². The standard InChI is InChI=1S/C8H12F2N2O2S2/c1-11-3-6-2-7(5-15-6)16(13,14)12-4-8(9)10/h2,5,8,11-12H,3-4H2,1H3. The van der Waals surface area contributed by atoms with Crippen LogP contribution in [0.5, 0.6) is 0 Å². The zero-order valence-corrected chi connectivity index (χ0v) is 10.2. The van der Waals surface area contributed by atoms with E-state index < -0.39 is 23.0 Å². The van der Waals surface area contributed by atoms with Crippen LogP contribution in [0.15, 0.2) is 16.3 Å². The van der Waals surface area contributed by atoms with Gasteiger partial charge in [0.25, 0.3) is 6.43 Å². The van der Waals surface area contributed by atoms with Gasteiger partial charge in [-0.25, -0.2) is 21.9 Å². The van der Waals surface area contributed by atoms with Crippen LogP contribution in [-0.4, -0.2) is 28.4 Å². The molecule has 1 rings (SSSR count). The van der Waals surface area contributed by atoms with Crippen molar-refractivity contribution in [3.63, 3.8) is 0 Å². The summed E-state index contributed by atoms with van der Waals surface area (Å²) in [5, 5.41) is 4.31. The molecule has 2 N–H and O–H groups in total. The molecule has 0 aliphatic heterocycles. The van der Waals surface area contributed by atoms with Gasteiger partial charge in [-0.3, -0.25) is 0 Å². The zero-order valence-electron chi connectivity index (χ0n) is 8.54. The highest BCUT2D eigenvalue weighted by molar-refractivity contribution is 7.89. The maximum atomic E-state index is 11.9. The SMILES string of the molecule is CNCc1cc(S(=O)(=O)NCC(F)F)cs1. The molecule has 0 fully saturated rings. The molecule has 0 aliphatic rings. The molecule has 1 aromatic heterocycles. The summed E-state index contributed by atoms with van der Waals surface area (Å²) >= 11 is 1.27. The van der Waals surface area contributed by atoms with E-state index in [-0.39, 0.29) is 4.90 Å². The maximum absolute atomic E-state index is 11.9. The predicted molar refractivity (Wildman–Crippen MR) is 58.3 cm³/mol. The second-order valence-corrected chi connectivity index (χ2v) is 5.78. The van der Waals surface area contributed by atoms with E-state index in [0.717, 1.165) is 4.88 Å². The number of rotatable bonds is 6. The summed E-state index contributed by atoms with van der Waals surface area (Å²) in [4.78, 5) is 0.864. The van der Waals surface area contributed by atoms with Crippen molar-refractivity contribution >= 4 is 21.4 Å². The summed E-state index contributed by atoms with van der Waals surface area (Å²) < 4.78 is 48.6. The molecule has 16 heavy (non-hydrogen) atoms. The van der Waals surface area contributed by atoms with Crippen molar-refractivity contribution < 1.29 is 17.2 Å². The summed E-state index contributed by atoms with van der Waals surface area (Å²) in [6, 6.07) is 1.47. The van der Waals surface area contributed by atoms with Crippen molar-refractivity contribution in [3.8, 4) is 0 Å². The number of sulfonamides is 1. The lowest BCUT2D eigenvalue weighted by Crippen LogP contribution is -2.28. The van der Waals surface area contributed by atoms with Gasteiger partial charge in [-0.05, 0) is 13.1 Å². The van der Waals surface area contributed by atoms with Crippen LogP contribution >= 0.6 is 11.3 Å². The number of alkyl halides is 2. The van der Waals surface area contributed by atoms with Crippen LogP contribution < -0.4 is 10.0 Å².